The van der Waals surface area contributed by atoms with Crippen LogP contribution in [0.4, 0.5) is 0 Å². The topological polar surface area (TPSA) is 55.1 Å². The lowest BCUT2D eigenvalue weighted by atomic mass is 10.2. The zero-order valence-corrected chi connectivity index (χ0v) is 10.7. The zero-order valence-electron chi connectivity index (χ0n) is 9.03. The molecule has 2 rings (SSSR count). The first kappa shape index (κ1) is 11.6. The van der Waals surface area contributed by atoms with E-state index in [4.69, 9.17) is 5.73 Å². The Morgan fingerprint density at radius 1 is 1.56 bits per heavy atom. The summed E-state index contributed by atoms with van der Waals surface area (Å²) in [6.07, 6.45) is 0.811. The van der Waals surface area contributed by atoms with Gasteiger partial charge in [-0.15, -0.1) is 22.7 Å². The monoisotopic (exact) mass is 254 g/mol. The van der Waals surface area contributed by atoms with E-state index in [1.54, 1.807) is 11.3 Å². The summed E-state index contributed by atoms with van der Waals surface area (Å²) >= 11 is 3.20. The van der Waals surface area contributed by atoms with Crippen LogP contribution in [0.3, 0.4) is 0 Å². The summed E-state index contributed by atoms with van der Waals surface area (Å²) < 4.78 is 2.37. The maximum absolute atomic E-state index is 11.8. The highest BCUT2D eigenvalue weighted by molar-refractivity contribution is 7.27. The van der Waals surface area contributed by atoms with Gasteiger partial charge in [0.2, 0.25) is 0 Å². The predicted molar refractivity (Wildman–Crippen MR) is 70.3 cm³/mol. The highest BCUT2D eigenvalue weighted by Crippen LogP contribution is 2.29. The van der Waals surface area contributed by atoms with Crippen LogP contribution in [-0.4, -0.2) is 18.5 Å². The summed E-state index contributed by atoms with van der Waals surface area (Å²) in [5.41, 5.74) is 5.62. The van der Waals surface area contributed by atoms with Crippen molar-refractivity contribution in [3.05, 3.63) is 22.4 Å². The largest absolute Gasteiger partial charge is 0.351 e. The maximum Gasteiger partial charge on any atom is 0.261 e. The molecular weight excluding hydrogens is 240 g/mol. The van der Waals surface area contributed by atoms with E-state index >= 15 is 0 Å². The fourth-order valence-electron chi connectivity index (χ4n) is 1.38. The number of nitrogens with one attached hydrogen (secondary N) is 1. The highest BCUT2D eigenvalue weighted by Gasteiger charge is 2.10. The normalized spacial score (nSPS) is 12.9. The first-order valence-corrected chi connectivity index (χ1v) is 6.87. The van der Waals surface area contributed by atoms with Gasteiger partial charge in [0, 0.05) is 22.0 Å². The summed E-state index contributed by atoms with van der Waals surface area (Å²) in [6, 6.07) is 4.13. The highest BCUT2D eigenvalue weighted by atomic mass is 32.1. The quantitative estimate of drug-likeness (QED) is 0.880. The Kier molecular flexibility index (Phi) is 3.58. The Morgan fingerprint density at radius 3 is 3.06 bits per heavy atom. The fourth-order valence-corrected chi connectivity index (χ4v) is 3.40. The molecule has 0 saturated carbocycles. The van der Waals surface area contributed by atoms with Crippen LogP contribution in [0.2, 0.25) is 0 Å². The van der Waals surface area contributed by atoms with Crippen molar-refractivity contribution < 1.29 is 4.79 Å². The lowest BCUT2D eigenvalue weighted by Gasteiger charge is -2.05. The third-order valence-electron chi connectivity index (χ3n) is 2.25. The van der Waals surface area contributed by atoms with Gasteiger partial charge in [-0.2, -0.15) is 0 Å². The van der Waals surface area contributed by atoms with E-state index in [0.29, 0.717) is 6.54 Å². The molecule has 0 aliphatic rings. The number of amides is 1. The van der Waals surface area contributed by atoms with Crippen molar-refractivity contribution in [2.75, 3.05) is 6.54 Å². The maximum atomic E-state index is 11.8. The molecule has 0 aliphatic carbocycles. The van der Waals surface area contributed by atoms with Gasteiger partial charge >= 0.3 is 0 Å². The Bertz CT molecular complexity index is 458. The van der Waals surface area contributed by atoms with Crippen molar-refractivity contribution in [1.29, 1.82) is 0 Å². The first-order valence-electron chi connectivity index (χ1n) is 5.17. The average molecular weight is 254 g/mol. The molecule has 0 fully saturated rings. The van der Waals surface area contributed by atoms with Gasteiger partial charge in [0.15, 0.2) is 0 Å². The number of carbonyl (C=O) groups is 1. The first-order chi connectivity index (χ1) is 7.66. The Labute approximate surface area is 102 Å². The van der Waals surface area contributed by atoms with Gasteiger partial charge < -0.3 is 11.1 Å². The second-order valence-corrected chi connectivity index (χ2v) is 5.81. The molecule has 1 atom stereocenters. The fraction of sp³-hybridized carbons (Fsp3) is 0.364. The Hall–Kier alpha value is -0.910. The molecule has 86 valence electrons. The van der Waals surface area contributed by atoms with E-state index in [0.717, 1.165) is 11.3 Å². The number of fused-ring (bicyclic) bond motifs is 1. The van der Waals surface area contributed by atoms with E-state index < -0.39 is 0 Å². The summed E-state index contributed by atoms with van der Waals surface area (Å²) in [7, 11) is 0. The minimum absolute atomic E-state index is 0.00838. The lowest BCUT2D eigenvalue weighted by molar-refractivity contribution is 0.0957. The summed E-state index contributed by atoms with van der Waals surface area (Å²) in [5, 5.41) is 4.92. The molecule has 5 heteroatoms. The van der Waals surface area contributed by atoms with E-state index in [1.165, 1.54) is 20.7 Å². The number of thiophene rings is 2. The van der Waals surface area contributed by atoms with Crippen LogP contribution >= 0.6 is 22.7 Å². The minimum atomic E-state index is 0.00838. The summed E-state index contributed by atoms with van der Waals surface area (Å²) in [4.78, 5) is 12.5. The molecule has 1 amide bonds. The molecular formula is C11H14N2OS2. The van der Waals surface area contributed by atoms with Crippen molar-refractivity contribution in [3.63, 3.8) is 0 Å². The zero-order chi connectivity index (χ0) is 11.5. The van der Waals surface area contributed by atoms with Gasteiger partial charge in [-0.1, -0.05) is 0 Å². The second kappa shape index (κ2) is 4.95. The van der Waals surface area contributed by atoms with Crippen molar-refractivity contribution in [2.24, 2.45) is 5.73 Å². The molecule has 1 unspecified atom stereocenters. The molecule has 3 nitrogen and oxygen atoms in total. The van der Waals surface area contributed by atoms with Gasteiger partial charge in [0.25, 0.3) is 5.91 Å². The standard InChI is InChI=1S/C11H14N2OS2/c1-7(12)2-4-13-11(14)10-6-9-8(16-10)3-5-15-9/h3,5-7H,2,4,12H2,1H3,(H,13,14). The molecule has 0 spiro atoms. The number of nitrogens with two attached hydrogens (primary N) is 1. The van der Waals surface area contributed by atoms with Crippen LogP contribution in [0.25, 0.3) is 9.40 Å². The van der Waals surface area contributed by atoms with E-state index in [2.05, 4.69) is 5.32 Å². The minimum Gasteiger partial charge on any atom is -0.351 e. The summed E-state index contributed by atoms with van der Waals surface area (Å²) in [5.74, 6) is 0.00838. The molecule has 0 aromatic carbocycles. The Morgan fingerprint density at radius 2 is 2.38 bits per heavy atom. The van der Waals surface area contributed by atoms with Gasteiger partial charge in [-0.05, 0) is 30.9 Å². The third-order valence-corrected chi connectivity index (χ3v) is 4.34. The van der Waals surface area contributed by atoms with Crippen molar-refractivity contribution in [2.45, 2.75) is 19.4 Å². The van der Waals surface area contributed by atoms with Crippen LogP contribution in [-0.2, 0) is 0 Å². The molecule has 0 bridgehead atoms. The van der Waals surface area contributed by atoms with E-state index in [1.807, 2.05) is 24.4 Å². The number of carbonyl (C=O) groups excluding carboxylic acids is 1. The van der Waals surface area contributed by atoms with Crippen molar-refractivity contribution >= 4 is 38.0 Å². The molecule has 0 saturated heterocycles. The van der Waals surface area contributed by atoms with Gasteiger partial charge in [0.1, 0.15) is 0 Å². The second-order valence-electron chi connectivity index (χ2n) is 3.78. The number of hydrogen-bond acceptors (Lipinski definition) is 4. The molecule has 16 heavy (non-hydrogen) atoms. The number of rotatable bonds is 4. The van der Waals surface area contributed by atoms with Gasteiger partial charge in [0.05, 0.1) is 4.88 Å². The molecule has 3 N–H and O–H groups in total. The van der Waals surface area contributed by atoms with Crippen LogP contribution in [0.1, 0.15) is 23.0 Å². The smallest absolute Gasteiger partial charge is 0.261 e. The van der Waals surface area contributed by atoms with Crippen LogP contribution in [0.5, 0.6) is 0 Å². The molecule has 2 aromatic heterocycles. The molecule has 0 radical (unpaired) electrons. The van der Waals surface area contributed by atoms with E-state index in [9.17, 15) is 4.79 Å². The Balaban J connectivity index is 1.97. The van der Waals surface area contributed by atoms with Crippen LogP contribution in [0.15, 0.2) is 17.5 Å². The molecule has 2 heterocycles. The molecule has 2 aromatic rings. The summed E-state index contributed by atoms with van der Waals surface area (Å²) in [6.45, 7) is 2.58. The van der Waals surface area contributed by atoms with Crippen molar-refractivity contribution in [3.8, 4) is 0 Å². The van der Waals surface area contributed by atoms with Gasteiger partial charge in [-0.3, -0.25) is 4.79 Å². The van der Waals surface area contributed by atoms with E-state index in [-0.39, 0.29) is 11.9 Å². The molecule has 0 aliphatic heterocycles. The van der Waals surface area contributed by atoms with Crippen LogP contribution < -0.4 is 11.1 Å². The van der Waals surface area contributed by atoms with Crippen LogP contribution in [0, 0.1) is 0 Å². The van der Waals surface area contributed by atoms with Gasteiger partial charge in [-0.25, -0.2) is 0 Å². The average Bonchev–Trinajstić information content (AvgIpc) is 2.75. The SMILES string of the molecule is CC(N)CCNC(=O)c1cc2sccc2s1. The van der Waals surface area contributed by atoms with Crippen molar-refractivity contribution in [1.82, 2.24) is 5.32 Å². The number of hydrogen-bond donors (Lipinski definition) is 2. The predicted octanol–water partition coefficient (Wildman–Crippen LogP) is 2.43. The lowest BCUT2D eigenvalue weighted by Crippen LogP contribution is -2.28. The third kappa shape index (κ3) is 2.61.